The number of carbonyl (C=O) groups is 1. The molecule has 0 radical (unpaired) electrons. The molecule has 0 saturated heterocycles. The van der Waals surface area contributed by atoms with Gasteiger partial charge in [-0.15, -0.1) is 0 Å². The molecule has 2 heterocycles. The van der Waals surface area contributed by atoms with E-state index in [2.05, 4.69) is 10.3 Å². The highest BCUT2D eigenvalue weighted by Gasteiger charge is 2.22. The number of nitrogens with one attached hydrogen (secondary N) is 1. The summed E-state index contributed by atoms with van der Waals surface area (Å²) in [5.74, 6) is -1.50. The van der Waals surface area contributed by atoms with Crippen LogP contribution in [0.4, 0.5) is 10.2 Å². The summed E-state index contributed by atoms with van der Waals surface area (Å²) in [6, 6.07) is 0. The number of hydrogen-bond acceptors (Lipinski definition) is 3. The molecule has 5 heteroatoms. The van der Waals surface area contributed by atoms with Crippen molar-refractivity contribution in [2.45, 2.75) is 12.8 Å². The van der Waals surface area contributed by atoms with Gasteiger partial charge in [-0.2, -0.15) is 0 Å². The zero-order valence-corrected chi connectivity index (χ0v) is 7.38. The predicted molar refractivity (Wildman–Crippen MR) is 48.0 cm³/mol. The normalized spacial score (nSPS) is 14.4. The number of hydrogen-bond donors (Lipinski definition) is 2. The molecule has 0 aliphatic carbocycles. The lowest BCUT2D eigenvalue weighted by molar-refractivity contribution is 0.0690. The number of pyridine rings is 1. The highest BCUT2D eigenvalue weighted by Crippen LogP contribution is 2.24. The summed E-state index contributed by atoms with van der Waals surface area (Å²) in [4.78, 5) is 14.6. The second-order valence-electron chi connectivity index (χ2n) is 3.14. The van der Waals surface area contributed by atoms with Crippen molar-refractivity contribution in [2.75, 3.05) is 11.9 Å². The number of aromatic carboxylic acids is 1. The average molecular weight is 196 g/mol. The second kappa shape index (κ2) is 3.25. The van der Waals surface area contributed by atoms with Gasteiger partial charge in [0.1, 0.15) is 11.4 Å². The summed E-state index contributed by atoms with van der Waals surface area (Å²) in [6.07, 6.45) is 2.31. The fraction of sp³-hybridized carbons (Fsp3) is 0.333. The number of halogens is 1. The van der Waals surface area contributed by atoms with E-state index in [1.807, 2.05) is 0 Å². The largest absolute Gasteiger partial charge is 0.478 e. The summed E-state index contributed by atoms with van der Waals surface area (Å²) < 4.78 is 13.2. The summed E-state index contributed by atoms with van der Waals surface area (Å²) in [5.41, 5.74) is 0.228. The molecule has 0 bridgehead atoms. The molecule has 2 rings (SSSR count). The van der Waals surface area contributed by atoms with Crippen LogP contribution in [0.2, 0.25) is 0 Å². The van der Waals surface area contributed by atoms with Gasteiger partial charge in [-0.3, -0.25) is 0 Å². The molecule has 0 saturated carbocycles. The molecule has 1 aromatic rings. The van der Waals surface area contributed by atoms with Gasteiger partial charge >= 0.3 is 5.97 Å². The van der Waals surface area contributed by atoms with Gasteiger partial charge in [-0.1, -0.05) is 0 Å². The van der Waals surface area contributed by atoms with Crippen LogP contribution < -0.4 is 5.32 Å². The molecular weight excluding hydrogens is 187 g/mol. The Morgan fingerprint density at radius 3 is 3.14 bits per heavy atom. The topological polar surface area (TPSA) is 62.2 Å². The quantitative estimate of drug-likeness (QED) is 0.710. The monoisotopic (exact) mass is 196 g/mol. The molecule has 1 aliphatic rings. The molecule has 0 unspecified atom stereocenters. The van der Waals surface area contributed by atoms with Crippen LogP contribution in [0.3, 0.4) is 0 Å². The van der Waals surface area contributed by atoms with Crippen molar-refractivity contribution in [3.63, 3.8) is 0 Å². The van der Waals surface area contributed by atoms with Gasteiger partial charge in [-0.05, 0) is 12.8 Å². The van der Waals surface area contributed by atoms with E-state index in [1.165, 1.54) is 0 Å². The van der Waals surface area contributed by atoms with E-state index in [9.17, 15) is 9.18 Å². The number of anilines is 1. The first kappa shape index (κ1) is 8.93. The molecule has 0 atom stereocenters. The van der Waals surface area contributed by atoms with Crippen LogP contribution >= 0.6 is 0 Å². The number of carboxylic acid groups (broad SMARTS) is 1. The smallest absolute Gasteiger partial charge is 0.339 e. The Hall–Kier alpha value is -1.65. The summed E-state index contributed by atoms with van der Waals surface area (Å²) >= 11 is 0. The first-order chi connectivity index (χ1) is 6.70. The second-order valence-corrected chi connectivity index (χ2v) is 3.14. The summed E-state index contributed by atoms with van der Waals surface area (Å²) in [6.45, 7) is 0.755. The molecule has 0 fully saturated rings. The van der Waals surface area contributed by atoms with E-state index in [4.69, 9.17) is 5.11 Å². The Morgan fingerprint density at radius 2 is 2.43 bits per heavy atom. The third-order valence-electron chi connectivity index (χ3n) is 2.24. The van der Waals surface area contributed by atoms with E-state index < -0.39 is 11.8 Å². The molecule has 74 valence electrons. The lowest BCUT2D eigenvalue weighted by Gasteiger charge is -2.18. The van der Waals surface area contributed by atoms with Gasteiger partial charge in [0, 0.05) is 12.1 Å². The Labute approximate surface area is 79.8 Å². The summed E-state index contributed by atoms with van der Waals surface area (Å²) in [7, 11) is 0. The van der Waals surface area contributed by atoms with Crippen molar-refractivity contribution in [3.05, 3.63) is 23.1 Å². The Bertz CT molecular complexity index is 393. The van der Waals surface area contributed by atoms with Gasteiger partial charge in [0.05, 0.1) is 6.20 Å². The number of nitrogens with zero attached hydrogens (tertiary/aromatic N) is 1. The van der Waals surface area contributed by atoms with Crippen molar-refractivity contribution in [1.82, 2.24) is 4.98 Å². The lowest BCUT2D eigenvalue weighted by atomic mass is 10.0. The Kier molecular flexibility index (Phi) is 2.07. The summed E-state index contributed by atoms with van der Waals surface area (Å²) in [5, 5.41) is 11.8. The molecular formula is C9H9FN2O2. The standard InChI is InChI=1S/C9H9FN2O2/c10-6-4-12-8-5(2-1-3-11-8)7(6)9(13)14/h4H,1-3H2,(H,11,12)(H,13,14). The number of rotatable bonds is 1. The lowest BCUT2D eigenvalue weighted by Crippen LogP contribution is -2.18. The minimum absolute atomic E-state index is 0.248. The van der Waals surface area contributed by atoms with Gasteiger partial charge < -0.3 is 10.4 Å². The SMILES string of the molecule is O=C(O)c1c(F)cnc2c1CCCN2. The Balaban J connectivity index is 2.60. The van der Waals surface area contributed by atoms with Crippen molar-refractivity contribution < 1.29 is 14.3 Å². The minimum atomic E-state index is -1.23. The van der Waals surface area contributed by atoms with E-state index in [-0.39, 0.29) is 5.56 Å². The maximum Gasteiger partial charge on any atom is 0.339 e. The highest BCUT2D eigenvalue weighted by molar-refractivity contribution is 5.91. The van der Waals surface area contributed by atoms with Crippen molar-refractivity contribution in [1.29, 1.82) is 0 Å². The Morgan fingerprint density at radius 1 is 1.64 bits per heavy atom. The van der Waals surface area contributed by atoms with E-state index in [1.54, 1.807) is 0 Å². The van der Waals surface area contributed by atoms with Crippen LogP contribution in [0.5, 0.6) is 0 Å². The van der Waals surface area contributed by atoms with E-state index in [0.717, 1.165) is 19.2 Å². The van der Waals surface area contributed by atoms with Crippen molar-refractivity contribution >= 4 is 11.8 Å². The number of carboxylic acids is 1. The molecule has 1 aliphatic heterocycles. The molecule has 14 heavy (non-hydrogen) atoms. The first-order valence-electron chi connectivity index (χ1n) is 4.34. The third-order valence-corrected chi connectivity index (χ3v) is 2.24. The van der Waals surface area contributed by atoms with Crippen molar-refractivity contribution in [3.8, 4) is 0 Å². The van der Waals surface area contributed by atoms with Gasteiger partial charge in [0.2, 0.25) is 0 Å². The maximum atomic E-state index is 13.2. The molecule has 0 spiro atoms. The fourth-order valence-corrected chi connectivity index (χ4v) is 1.63. The number of fused-ring (bicyclic) bond motifs is 1. The molecule has 4 nitrogen and oxygen atoms in total. The average Bonchev–Trinajstić information content (AvgIpc) is 2.17. The highest BCUT2D eigenvalue weighted by atomic mass is 19.1. The van der Waals surface area contributed by atoms with Crippen molar-refractivity contribution in [2.24, 2.45) is 0 Å². The van der Waals surface area contributed by atoms with Crippen LogP contribution in [0.15, 0.2) is 6.20 Å². The van der Waals surface area contributed by atoms with Crippen LogP contribution in [-0.2, 0) is 6.42 Å². The van der Waals surface area contributed by atoms with Crippen LogP contribution in [-0.4, -0.2) is 22.6 Å². The zero-order valence-electron chi connectivity index (χ0n) is 7.38. The molecule has 2 N–H and O–H groups in total. The number of aromatic nitrogens is 1. The zero-order chi connectivity index (χ0) is 10.1. The maximum absolute atomic E-state index is 13.2. The first-order valence-corrected chi connectivity index (χ1v) is 4.34. The molecule has 0 aromatic carbocycles. The van der Waals surface area contributed by atoms with Gasteiger partial charge in [0.15, 0.2) is 5.82 Å². The molecule has 0 amide bonds. The van der Waals surface area contributed by atoms with Crippen LogP contribution in [0.25, 0.3) is 0 Å². The minimum Gasteiger partial charge on any atom is -0.478 e. The van der Waals surface area contributed by atoms with Crippen LogP contribution in [0.1, 0.15) is 22.3 Å². The van der Waals surface area contributed by atoms with Gasteiger partial charge in [0.25, 0.3) is 0 Å². The van der Waals surface area contributed by atoms with Crippen LogP contribution in [0, 0.1) is 5.82 Å². The third kappa shape index (κ3) is 1.30. The predicted octanol–water partition coefficient (Wildman–Crippen LogP) is 1.28. The molecule has 1 aromatic heterocycles. The van der Waals surface area contributed by atoms with Gasteiger partial charge in [-0.25, -0.2) is 14.2 Å². The van der Waals surface area contributed by atoms with E-state index >= 15 is 0 Å². The fourth-order valence-electron chi connectivity index (χ4n) is 1.63. The van der Waals surface area contributed by atoms with E-state index in [0.29, 0.717) is 17.8 Å².